The molecule has 0 atom stereocenters. The minimum Gasteiger partial charge on any atom is -0.497 e. The second-order valence-electron chi connectivity index (χ2n) is 5.39. The predicted molar refractivity (Wildman–Crippen MR) is 92.1 cm³/mol. The Kier molecular flexibility index (Phi) is 4.79. The van der Waals surface area contributed by atoms with Gasteiger partial charge in [-0.25, -0.2) is 4.79 Å². The summed E-state index contributed by atoms with van der Waals surface area (Å²) in [6.45, 7) is -0.476. The number of ether oxygens (including phenoxy) is 4. The van der Waals surface area contributed by atoms with Gasteiger partial charge in [0.1, 0.15) is 23.0 Å². The van der Waals surface area contributed by atoms with Crippen molar-refractivity contribution in [3.63, 3.8) is 0 Å². The van der Waals surface area contributed by atoms with Crippen molar-refractivity contribution in [3.05, 3.63) is 53.3 Å². The van der Waals surface area contributed by atoms with Gasteiger partial charge in [-0.1, -0.05) is 0 Å². The van der Waals surface area contributed by atoms with E-state index in [1.54, 1.807) is 37.5 Å². The average Bonchev–Trinajstić information content (AvgIpc) is 2.95. The van der Waals surface area contributed by atoms with Gasteiger partial charge in [-0.3, -0.25) is 4.79 Å². The zero-order chi connectivity index (χ0) is 18.7. The summed E-state index contributed by atoms with van der Waals surface area (Å²) in [5.74, 6) is 0.552. The van der Waals surface area contributed by atoms with Gasteiger partial charge in [0.05, 0.1) is 19.8 Å². The molecule has 7 nitrogen and oxygen atoms in total. The molecule has 0 radical (unpaired) electrons. The first-order valence-electron chi connectivity index (χ1n) is 7.66. The number of carbonyl (C=O) groups is 2. The number of carboxylic acid groups (broad SMARTS) is 1. The molecule has 0 bridgehead atoms. The molecule has 0 spiro atoms. The fraction of sp³-hybridized carbons (Fsp3) is 0.158. The van der Waals surface area contributed by atoms with Crippen LogP contribution in [0.15, 0.2) is 42.2 Å². The lowest BCUT2D eigenvalue weighted by atomic mass is 10.1. The van der Waals surface area contributed by atoms with Gasteiger partial charge in [0.2, 0.25) is 5.78 Å². The van der Waals surface area contributed by atoms with Crippen LogP contribution in [0.4, 0.5) is 0 Å². The van der Waals surface area contributed by atoms with Crippen molar-refractivity contribution in [1.29, 1.82) is 0 Å². The lowest BCUT2D eigenvalue weighted by Gasteiger charge is -2.08. The van der Waals surface area contributed by atoms with Gasteiger partial charge in [-0.15, -0.1) is 0 Å². The smallest absolute Gasteiger partial charge is 0.341 e. The molecule has 0 aromatic heterocycles. The Morgan fingerprint density at radius 3 is 2.58 bits per heavy atom. The van der Waals surface area contributed by atoms with E-state index in [9.17, 15) is 9.59 Å². The first kappa shape index (κ1) is 17.3. The van der Waals surface area contributed by atoms with E-state index >= 15 is 0 Å². The highest BCUT2D eigenvalue weighted by atomic mass is 16.5. The van der Waals surface area contributed by atoms with E-state index in [0.717, 1.165) is 0 Å². The Balaban J connectivity index is 1.90. The Morgan fingerprint density at radius 1 is 1.12 bits per heavy atom. The first-order valence-corrected chi connectivity index (χ1v) is 7.66. The van der Waals surface area contributed by atoms with E-state index in [1.165, 1.54) is 19.2 Å². The molecule has 1 aliphatic heterocycles. The number of benzene rings is 2. The van der Waals surface area contributed by atoms with Crippen molar-refractivity contribution in [2.45, 2.75) is 0 Å². The Bertz CT molecular complexity index is 899. The Hall–Kier alpha value is -3.48. The highest BCUT2D eigenvalue weighted by molar-refractivity contribution is 6.14. The number of carbonyl (C=O) groups excluding carboxylic acids is 1. The number of rotatable bonds is 6. The molecule has 1 heterocycles. The molecule has 0 unspecified atom stereocenters. The molecule has 2 aromatic carbocycles. The number of hydrogen-bond acceptors (Lipinski definition) is 6. The molecule has 0 fully saturated rings. The molecular formula is C19H16O7. The van der Waals surface area contributed by atoms with Crippen LogP contribution in [0.1, 0.15) is 15.9 Å². The number of ketones is 1. The van der Waals surface area contributed by atoms with E-state index in [0.29, 0.717) is 34.1 Å². The lowest BCUT2D eigenvalue weighted by molar-refractivity contribution is -0.139. The zero-order valence-corrected chi connectivity index (χ0v) is 14.1. The van der Waals surface area contributed by atoms with Crippen LogP contribution in [0.5, 0.6) is 23.0 Å². The molecule has 1 aliphatic rings. The molecule has 3 rings (SSSR count). The molecule has 26 heavy (non-hydrogen) atoms. The highest BCUT2D eigenvalue weighted by Gasteiger charge is 2.28. The van der Waals surface area contributed by atoms with Crippen LogP contribution in [0.2, 0.25) is 0 Å². The van der Waals surface area contributed by atoms with E-state index in [1.807, 2.05) is 0 Å². The summed E-state index contributed by atoms with van der Waals surface area (Å²) in [6.07, 6.45) is 1.57. The van der Waals surface area contributed by atoms with Crippen LogP contribution in [0, 0.1) is 0 Å². The molecule has 0 saturated heterocycles. The van der Waals surface area contributed by atoms with Crippen LogP contribution in [0.3, 0.4) is 0 Å². The van der Waals surface area contributed by atoms with E-state index < -0.39 is 12.6 Å². The molecule has 1 N–H and O–H groups in total. The van der Waals surface area contributed by atoms with Gasteiger partial charge in [-0.2, -0.15) is 0 Å². The second-order valence-corrected chi connectivity index (χ2v) is 5.39. The van der Waals surface area contributed by atoms with Crippen molar-refractivity contribution in [2.24, 2.45) is 0 Å². The van der Waals surface area contributed by atoms with Crippen LogP contribution in [-0.2, 0) is 4.79 Å². The second kappa shape index (κ2) is 7.18. The fourth-order valence-electron chi connectivity index (χ4n) is 2.50. The predicted octanol–water partition coefficient (Wildman–Crippen LogP) is 2.78. The third-order valence-corrected chi connectivity index (χ3v) is 3.73. The topological polar surface area (TPSA) is 91.3 Å². The van der Waals surface area contributed by atoms with Gasteiger partial charge in [0.15, 0.2) is 12.4 Å². The van der Waals surface area contributed by atoms with Crippen LogP contribution >= 0.6 is 0 Å². The number of Topliss-reactive ketones (excluding diaryl/α,β-unsaturated/α-hetero) is 1. The van der Waals surface area contributed by atoms with E-state index in [-0.39, 0.29) is 11.5 Å². The van der Waals surface area contributed by atoms with Crippen molar-refractivity contribution >= 4 is 17.8 Å². The first-order chi connectivity index (χ1) is 12.5. The average molecular weight is 356 g/mol. The number of methoxy groups -OCH3 is 2. The van der Waals surface area contributed by atoms with Crippen molar-refractivity contribution in [3.8, 4) is 23.0 Å². The fourth-order valence-corrected chi connectivity index (χ4v) is 2.50. The SMILES string of the molecule is COc1ccc(OC)c(/C=C2\Oc3cc(OCC(=O)O)ccc3C2=O)c1. The van der Waals surface area contributed by atoms with Gasteiger partial charge in [0.25, 0.3) is 0 Å². The van der Waals surface area contributed by atoms with E-state index in [4.69, 9.17) is 24.1 Å². The van der Waals surface area contributed by atoms with Crippen LogP contribution in [0.25, 0.3) is 6.08 Å². The summed E-state index contributed by atoms with van der Waals surface area (Å²) in [5.41, 5.74) is 1.01. The van der Waals surface area contributed by atoms with E-state index in [2.05, 4.69) is 0 Å². The molecule has 0 saturated carbocycles. The Morgan fingerprint density at radius 2 is 1.88 bits per heavy atom. The van der Waals surface area contributed by atoms with Gasteiger partial charge in [0, 0.05) is 11.6 Å². The monoisotopic (exact) mass is 356 g/mol. The van der Waals surface area contributed by atoms with Crippen molar-refractivity contribution in [2.75, 3.05) is 20.8 Å². The maximum Gasteiger partial charge on any atom is 0.341 e. The number of hydrogen-bond donors (Lipinski definition) is 1. The minimum atomic E-state index is -1.09. The lowest BCUT2D eigenvalue weighted by Crippen LogP contribution is -2.09. The quantitative estimate of drug-likeness (QED) is 0.796. The third kappa shape index (κ3) is 3.46. The molecule has 134 valence electrons. The molecule has 0 amide bonds. The third-order valence-electron chi connectivity index (χ3n) is 3.73. The molecule has 2 aromatic rings. The van der Waals surface area contributed by atoms with Crippen molar-refractivity contribution < 1.29 is 33.6 Å². The van der Waals surface area contributed by atoms with Gasteiger partial charge < -0.3 is 24.1 Å². The van der Waals surface area contributed by atoms with Crippen LogP contribution < -0.4 is 18.9 Å². The summed E-state index contributed by atoms with van der Waals surface area (Å²) in [6, 6.07) is 9.76. The van der Waals surface area contributed by atoms with Crippen LogP contribution in [-0.4, -0.2) is 37.7 Å². The van der Waals surface area contributed by atoms with Crippen molar-refractivity contribution in [1.82, 2.24) is 0 Å². The normalized spacial score (nSPS) is 13.9. The maximum atomic E-state index is 12.5. The Labute approximate surface area is 149 Å². The molecular weight excluding hydrogens is 340 g/mol. The minimum absolute atomic E-state index is 0.127. The molecule has 0 aliphatic carbocycles. The highest BCUT2D eigenvalue weighted by Crippen LogP contribution is 2.36. The molecule has 7 heteroatoms. The largest absolute Gasteiger partial charge is 0.497 e. The summed E-state index contributed by atoms with van der Waals surface area (Å²) in [5, 5.41) is 8.67. The standard InChI is InChI=1S/C19H16O7/c1-23-12-4-6-15(24-2)11(7-12)8-17-19(22)14-5-3-13(9-16(14)26-17)25-10-18(20)21/h3-9H,10H2,1-2H3,(H,20,21)/b17-8-. The zero-order valence-electron chi connectivity index (χ0n) is 14.1. The van der Waals surface area contributed by atoms with Gasteiger partial charge >= 0.3 is 5.97 Å². The van der Waals surface area contributed by atoms with Gasteiger partial charge in [-0.05, 0) is 36.4 Å². The number of aliphatic carboxylic acids is 1. The number of allylic oxidation sites excluding steroid dienone is 1. The summed E-state index contributed by atoms with van der Waals surface area (Å²) < 4.78 is 21.2. The summed E-state index contributed by atoms with van der Waals surface area (Å²) in [4.78, 5) is 23.1. The summed E-state index contributed by atoms with van der Waals surface area (Å²) >= 11 is 0. The number of fused-ring (bicyclic) bond motifs is 1. The summed E-state index contributed by atoms with van der Waals surface area (Å²) in [7, 11) is 3.08. The number of carboxylic acids is 1. The maximum absolute atomic E-state index is 12.5.